The van der Waals surface area contributed by atoms with Crippen LogP contribution in [0, 0.1) is 0 Å². The van der Waals surface area contributed by atoms with E-state index in [-0.39, 0.29) is 5.56 Å². The minimum Gasteiger partial charge on any atom is -0.493 e. The minimum absolute atomic E-state index is 0.229. The molecule has 0 saturated heterocycles. The highest BCUT2D eigenvalue weighted by Crippen LogP contribution is 2.33. The molecule has 0 aliphatic rings. The van der Waals surface area contributed by atoms with Gasteiger partial charge in [0.2, 0.25) is 0 Å². The first kappa shape index (κ1) is 17.0. The predicted molar refractivity (Wildman–Crippen MR) is 98.4 cm³/mol. The summed E-state index contributed by atoms with van der Waals surface area (Å²) >= 11 is 0. The molecule has 1 N–H and O–H groups in total. The van der Waals surface area contributed by atoms with Crippen molar-refractivity contribution in [2.45, 2.75) is 25.7 Å². The lowest BCUT2D eigenvalue weighted by Gasteiger charge is -2.13. The zero-order valence-corrected chi connectivity index (χ0v) is 14.3. The number of fused-ring (bicyclic) bond motifs is 1. The molecule has 1 aromatic heterocycles. The molecule has 1 heterocycles. The third-order valence-corrected chi connectivity index (χ3v) is 4.18. The molecule has 0 atom stereocenters. The molecule has 0 spiro atoms. The maximum atomic E-state index is 11.9. The van der Waals surface area contributed by atoms with E-state index < -0.39 is 0 Å². The number of hydrogen-bond donors (Lipinski definition) is 1. The highest BCUT2D eigenvalue weighted by molar-refractivity contribution is 5.89. The lowest BCUT2D eigenvalue weighted by molar-refractivity contribution is 0.289. The molecule has 3 aromatic rings. The zero-order chi connectivity index (χ0) is 17.5. The fraction of sp³-hybridized carbons (Fsp3) is 0.300. The number of aromatic nitrogens is 2. The van der Waals surface area contributed by atoms with Crippen LogP contribution in [0.1, 0.15) is 24.8 Å². The van der Waals surface area contributed by atoms with Crippen LogP contribution in [0.25, 0.3) is 10.8 Å². The van der Waals surface area contributed by atoms with E-state index in [0.717, 1.165) is 25.7 Å². The van der Waals surface area contributed by atoms with Crippen molar-refractivity contribution in [3.05, 3.63) is 64.6 Å². The van der Waals surface area contributed by atoms with E-state index in [0.29, 0.717) is 28.9 Å². The van der Waals surface area contributed by atoms with E-state index in [2.05, 4.69) is 34.5 Å². The highest BCUT2D eigenvalue weighted by Gasteiger charge is 2.12. The average Bonchev–Trinajstić information content (AvgIpc) is 2.65. The third kappa shape index (κ3) is 4.18. The third-order valence-electron chi connectivity index (χ3n) is 4.18. The number of nitrogens with one attached hydrogen (secondary N) is 1. The van der Waals surface area contributed by atoms with E-state index in [1.807, 2.05) is 6.07 Å². The normalized spacial score (nSPS) is 10.8. The van der Waals surface area contributed by atoms with Crippen molar-refractivity contribution < 1.29 is 9.47 Å². The maximum Gasteiger partial charge on any atom is 0.272 e. The molecule has 0 bridgehead atoms. The Morgan fingerprint density at radius 2 is 1.84 bits per heavy atom. The molecule has 25 heavy (non-hydrogen) atoms. The van der Waals surface area contributed by atoms with Crippen molar-refractivity contribution in [3.63, 3.8) is 0 Å². The van der Waals surface area contributed by atoms with Gasteiger partial charge in [0.25, 0.3) is 5.56 Å². The van der Waals surface area contributed by atoms with Crippen LogP contribution >= 0.6 is 0 Å². The number of benzene rings is 2. The average molecular weight is 338 g/mol. The summed E-state index contributed by atoms with van der Waals surface area (Å²) < 4.78 is 11.3. The molecular weight excluding hydrogens is 316 g/mol. The Labute approximate surface area is 146 Å². The summed E-state index contributed by atoms with van der Waals surface area (Å²) in [5, 5.41) is 7.53. The molecule has 130 valence electrons. The number of H-pyrrole nitrogens is 1. The van der Waals surface area contributed by atoms with Crippen LogP contribution in [0.15, 0.2) is 53.5 Å². The van der Waals surface area contributed by atoms with Gasteiger partial charge in [-0.2, -0.15) is 5.10 Å². The Balaban J connectivity index is 1.57. The molecule has 0 fully saturated rings. The van der Waals surface area contributed by atoms with E-state index in [4.69, 9.17) is 9.47 Å². The quantitative estimate of drug-likeness (QED) is 0.636. The van der Waals surface area contributed by atoms with E-state index >= 15 is 0 Å². The van der Waals surface area contributed by atoms with Crippen LogP contribution in [0.4, 0.5) is 0 Å². The monoisotopic (exact) mass is 338 g/mol. The summed E-state index contributed by atoms with van der Waals surface area (Å²) in [7, 11) is 1.59. The molecule has 0 aliphatic carbocycles. The van der Waals surface area contributed by atoms with Crippen LogP contribution in [-0.4, -0.2) is 23.9 Å². The summed E-state index contributed by atoms with van der Waals surface area (Å²) in [6, 6.07) is 14.0. The number of nitrogens with zero attached hydrogens (tertiary/aromatic N) is 1. The van der Waals surface area contributed by atoms with Gasteiger partial charge in [-0.15, -0.1) is 0 Å². The number of ether oxygens (including phenoxy) is 2. The second-order valence-corrected chi connectivity index (χ2v) is 5.90. The Morgan fingerprint density at radius 1 is 1.00 bits per heavy atom. The minimum atomic E-state index is -0.229. The Kier molecular flexibility index (Phi) is 5.67. The van der Waals surface area contributed by atoms with Crippen molar-refractivity contribution in [2.24, 2.45) is 0 Å². The smallest absolute Gasteiger partial charge is 0.272 e. The SMILES string of the molecule is COc1ccc2c(=O)[nH]ncc2c1OCCCCCc1ccccc1. The maximum absolute atomic E-state index is 11.9. The first-order chi connectivity index (χ1) is 12.3. The van der Waals surface area contributed by atoms with Crippen LogP contribution < -0.4 is 15.0 Å². The van der Waals surface area contributed by atoms with Crippen LogP contribution in [-0.2, 0) is 6.42 Å². The van der Waals surface area contributed by atoms with Gasteiger partial charge in [0.15, 0.2) is 11.5 Å². The molecule has 3 rings (SSSR count). The summed E-state index contributed by atoms with van der Waals surface area (Å²) in [5.74, 6) is 1.20. The molecule has 0 amide bonds. The van der Waals surface area contributed by atoms with Gasteiger partial charge in [-0.05, 0) is 43.4 Å². The fourth-order valence-electron chi connectivity index (χ4n) is 2.86. The van der Waals surface area contributed by atoms with Crippen molar-refractivity contribution in [3.8, 4) is 11.5 Å². The van der Waals surface area contributed by atoms with Crippen molar-refractivity contribution in [2.75, 3.05) is 13.7 Å². The number of methoxy groups -OCH3 is 1. The number of aromatic amines is 1. The lowest BCUT2D eigenvalue weighted by Crippen LogP contribution is -2.09. The first-order valence-electron chi connectivity index (χ1n) is 8.50. The largest absolute Gasteiger partial charge is 0.493 e. The van der Waals surface area contributed by atoms with Crippen LogP contribution in [0.5, 0.6) is 11.5 Å². The van der Waals surface area contributed by atoms with Gasteiger partial charge in [-0.3, -0.25) is 4.79 Å². The van der Waals surface area contributed by atoms with E-state index in [9.17, 15) is 4.79 Å². The Morgan fingerprint density at radius 3 is 2.64 bits per heavy atom. The summed E-state index contributed by atoms with van der Waals surface area (Å²) in [5.41, 5.74) is 1.14. The van der Waals surface area contributed by atoms with Gasteiger partial charge in [-0.1, -0.05) is 30.3 Å². The number of rotatable bonds is 8. The molecule has 0 aliphatic heterocycles. The zero-order valence-electron chi connectivity index (χ0n) is 14.3. The molecule has 0 unspecified atom stereocenters. The van der Waals surface area contributed by atoms with Crippen LogP contribution in [0.3, 0.4) is 0 Å². The van der Waals surface area contributed by atoms with Gasteiger partial charge in [-0.25, -0.2) is 5.10 Å². The van der Waals surface area contributed by atoms with Gasteiger partial charge >= 0.3 is 0 Å². The molecule has 0 radical (unpaired) electrons. The van der Waals surface area contributed by atoms with E-state index in [1.54, 1.807) is 25.4 Å². The van der Waals surface area contributed by atoms with Crippen molar-refractivity contribution in [1.29, 1.82) is 0 Å². The number of aryl methyl sites for hydroxylation is 1. The first-order valence-corrected chi connectivity index (χ1v) is 8.50. The summed E-state index contributed by atoms with van der Waals surface area (Å²) in [6.07, 6.45) is 5.84. The second-order valence-electron chi connectivity index (χ2n) is 5.90. The van der Waals surface area contributed by atoms with Crippen molar-refractivity contribution in [1.82, 2.24) is 10.2 Å². The summed E-state index contributed by atoms with van der Waals surface area (Å²) in [6.45, 7) is 0.580. The fourth-order valence-corrected chi connectivity index (χ4v) is 2.86. The Bertz CT molecular complexity index is 875. The Hall–Kier alpha value is -2.82. The standard InChI is InChI=1S/C20H22N2O3/c1-24-18-12-11-16-17(14-21-22-20(16)23)19(18)25-13-7-3-6-10-15-8-4-2-5-9-15/h2,4-5,8-9,11-12,14H,3,6-7,10,13H2,1H3,(H,22,23). The van der Waals surface area contributed by atoms with Crippen molar-refractivity contribution >= 4 is 10.8 Å². The number of hydrogen-bond acceptors (Lipinski definition) is 4. The van der Waals surface area contributed by atoms with Crippen LogP contribution in [0.2, 0.25) is 0 Å². The molecular formula is C20H22N2O3. The topological polar surface area (TPSA) is 64.2 Å². The van der Waals surface area contributed by atoms with E-state index in [1.165, 1.54) is 5.56 Å². The summed E-state index contributed by atoms with van der Waals surface area (Å²) in [4.78, 5) is 11.9. The van der Waals surface area contributed by atoms with Gasteiger partial charge in [0.05, 0.1) is 30.7 Å². The van der Waals surface area contributed by atoms with Gasteiger partial charge < -0.3 is 9.47 Å². The molecule has 5 heteroatoms. The van der Waals surface area contributed by atoms with Gasteiger partial charge in [0, 0.05) is 0 Å². The molecule has 2 aromatic carbocycles. The predicted octanol–water partition coefficient (Wildman–Crippen LogP) is 3.72. The molecule has 0 saturated carbocycles. The van der Waals surface area contributed by atoms with Gasteiger partial charge in [0.1, 0.15) is 0 Å². The highest BCUT2D eigenvalue weighted by atomic mass is 16.5. The lowest BCUT2D eigenvalue weighted by atomic mass is 10.1. The second kappa shape index (κ2) is 8.33. The number of unbranched alkanes of at least 4 members (excludes halogenated alkanes) is 2. The molecule has 5 nitrogen and oxygen atoms in total.